The summed E-state index contributed by atoms with van der Waals surface area (Å²) in [6.07, 6.45) is 1.76. The minimum absolute atomic E-state index is 0.0223. The Morgan fingerprint density at radius 1 is 1.15 bits per heavy atom. The number of hydrogen-bond donors (Lipinski definition) is 1. The van der Waals surface area contributed by atoms with Gasteiger partial charge >= 0.3 is 0 Å². The van der Waals surface area contributed by atoms with E-state index in [2.05, 4.69) is 4.99 Å². The molecule has 0 amide bonds. The number of ether oxygens (including phenoxy) is 1. The molecule has 0 atom stereocenters. The summed E-state index contributed by atoms with van der Waals surface area (Å²) in [7, 11) is 1.63. The Bertz CT molecular complexity index is 601. The highest BCUT2D eigenvalue weighted by atomic mass is 16.5. The molecule has 0 saturated carbocycles. The molecular weight excluding hydrogens is 252 g/mol. The number of ketones is 1. The molecule has 0 unspecified atom stereocenters. The maximum atomic E-state index is 11.4. The van der Waals surface area contributed by atoms with Crippen LogP contribution in [0.4, 0.5) is 5.69 Å². The predicted molar refractivity (Wildman–Crippen MR) is 80.1 cm³/mol. The topological polar surface area (TPSA) is 64.7 Å². The van der Waals surface area contributed by atoms with Crippen LogP contribution in [-0.2, 0) is 0 Å². The zero-order valence-corrected chi connectivity index (χ0v) is 11.2. The van der Waals surface area contributed by atoms with Gasteiger partial charge in [0.25, 0.3) is 0 Å². The summed E-state index contributed by atoms with van der Waals surface area (Å²) in [5.41, 5.74) is 7.68. The summed E-state index contributed by atoms with van der Waals surface area (Å²) in [4.78, 5) is 15.7. The molecule has 0 radical (unpaired) electrons. The van der Waals surface area contributed by atoms with Crippen LogP contribution in [-0.4, -0.2) is 25.7 Å². The zero-order valence-electron chi connectivity index (χ0n) is 11.2. The molecule has 0 bridgehead atoms. The van der Waals surface area contributed by atoms with Gasteiger partial charge in [-0.05, 0) is 54.1 Å². The molecule has 0 fully saturated rings. The molecule has 0 aliphatic rings. The summed E-state index contributed by atoms with van der Waals surface area (Å²) >= 11 is 0. The van der Waals surface area contributed by atoms with Gasteiger partial charge in [-0.2, -0.15) is 0 Å². The van der Waals surface area contributed by atoms with Crippen LogP contribution < -0.4 is 10.5 Å². The predicted octanol–water partition coefficient (Wildman–Crippen LogP) is 2.59. The molecule has 102 valence electrons. The van der Waals surface area contributed by atoms with Crippen molar-refractivity contribution in [3.05, 3.63) is 59.7 Å². The lowest BCUT2D eigenvalue weighted by Gasteiger charge is -2.00. The molecule has 0 aromatic heterocycles. The number of nitrogens with zero attached hydrogens (tertiary/aromatic N) is 1. The van der Waals surface area contributed by atoms with E-state index >= 15 is 0 Å². The number of Topliss-reactive ketones (excluding diaryl/α,β-unsaturated/α-hetero) is 1. The second kappa shape index (κ2) is 6.63. The van der Waals surface area contributed by atoms with Crippen LogP contribution in [0.25, 0.3) is 0 Å². The van der Waals surface area contributed by atoms with Crippen molar-refractivity contribution < 1.29 is 9.53 Å². The van der Waals surface area contributed by atoms with E-state index in [1.807, 2.05) is 24.3 Å². The fourth-order valence-electron chi connectivity index (χ4n) is 1.69. The second-order valence-electron chi connectivity index (χ2n) is 4.21. The molecule has 4 heteroatoms. The quantitative estimate of drug-likeness (QED) is 0.669. The first-order chi connectivity index (χ1) is 9.72. The lowest BCUT2D eigenvalue weighted by molar-refractivity contribution is 0.100. The van der Waals surface area contributed by atoms with Crippen molar-refractivity contribution in [2.45, 2.75) is 0 Å². The largest absolute Gasteiger partial charge is 0.497 e. The highest BCUT2D eigenvalue weighted by Crippen LogP contribution is 2.14. The number of carbonyl (C=O) groups is 1. The van der Waals surface area contributed by atoms with Gasteiger partial charge in [0.05, 0.1) is 19.3 Å². The molecule has 0 saturated heterocycles. The molecule has 2 aromatic rings. The van der Waals surface area contributed by atoms with Gasteiger partial charge in [0.2, 0.25) is 0 Å². The van der Waals surface area contributed by atoms with Crippen LogP contribution in [0.1, 0.15) is 15.9 Å². The Balaban J connectivity index is 2.08. The smallest absolute Gasteiger partial charge is 0.176 e. The maximum Gasteiger partial charge on any atom is 0.176 e. The van der Waals surface area contributed by atoms with E-state index in [0.29, 0.717) is 5.56 Å². The third kappa shape index (κ3) is 3.52. The highest BCUT2D eigenvalue weighted by Gasteiger charge is 2.01. The molecule has 0 aliphatic heterocycles. The van der Waals surface area contributed by atoms with Crippen molar-refractivity contribution >= 4 is 17.7 Å². The molecule has 2 rings (SSSR count). The lowest BCUT2D eigenvalue weighted by atomic mass is 10.1. The molecule has 0 spiro atoms. The normalized spacial score (nSPS) is 10.7. The number of carbonyl (C=O) groups excluding carboxylic acids is 1. The van der Waals surface area contributed by atoms with Crippen molar-refractivity contribution in [3.63, 3.8) is 0 Å². The Hall–Kier alpha value is -2.46. The fraction of sp³-hybridized carbons (Fsp3) is 0.125. The van der Waals surface area contributed by atoms with Gasteiger partial charge < -0.3 is 10.5 Å². The van der Waals surface area contributed by atoms with E-state index < -0.39 is 0 Å². The van der Waals surface area contributed by atoms with E-state index in [1.54, 1.807) is 37.6 Å². The van der Waals surface area contributed by atoms with Gasteiger partial charge in [-0.3, -0.25) is 9.79 Å². The first-order valence-electron chi connectivity index (χ1n) is 6.24. The van der Waals surface area contributed by atoms with Crippen LogP contribution in [0.5, 0.6) is 5.75 Å². The van der Waals surface area contributed by atoms with E-state index in [0.717, 1.165) is 17.0 Å². The van der Waals surface area contributed by atoms with Crippen LogP contribution in [0.15, 0.2) is 53.5 Å². The standard InChI is InChI=1S/C16H16N2O2/c1-20-15-8-2-12(3-9-15)11-18-14-6-4-13(5-7-14)16(19)10-17/h2-9,11H,10,17H2,1H3. The summed E-state index contributed by atoms with van der Waals surface area (Å²) in [5.74, 6) is 0.738. The monoisotopic (exact) mass is 268 g/mol. The van der Waals surface area contributed by atoms with Gasteiger partial charge in [0.15, 0.2) is 5.78 Å². The maximum absolute atomic E-state index is 11.4. The minimum Gasteiger partial charge on any atom is -0.497 e. The Morgan fingerprint density at radius 3 is 2.35 bits per heavy atom. The van der Waals surface area contributed by atoms with Gasteiger partial charge in [0, 0.05) is 11.8 Å². The molecular formula is C16H16N2O2. The number of aliphatic imine (C=N–C) groups is 1. The summed E-state index contributed by atoms with van der Waals surface area (Å²) in [6.45, 7) is 0.0223. The number of nitrogens with two attached hydrogens (primary N) is 1. The van der Waals surface area contributed by atoms with Crippen molar-refractivity contribution in [2.75, 3.05) is 13.7 Å². The molecule has 2 N–H and O–H groups in total. The molecule has 20 heavy (non-hydrogen) atoms. The second-order valence-corrected chi connectivity index (χ2v) is 4.21. The van der Waals surface area contributed by atoms with E-state index in [1.165, 1.54) is 0 Å². The average Bonchev–Trinajstić information content (AvgIpc) is 2.53. The van der Waals surface area contributed by atoms with E-state index in [4.69, 9.17) is 10.5 Å². The van der Waals surface area contributed by atoms with E-state index in [9.17, 15) is 4.79 Å². The number of methoxy groups -OCH3 is 1. The van der Waals surface area contributed by atoms with Gasteiger partial charge in [-0.1, -0.05) is 0 Å². The molecule has 2 aromatic carbocycles. The third-order valence-electron chi connectivity index (χ3n) is 2.85. The SMILES string of the molecule is COc1ccc(C=Nc2ccc(C(=O)CN)cc2)cc1. The summed E-state index contributed by atoms with van der Waals surface area (Å²) in [6, 6.07) is 14.7. The molecule has 0 aliphatic carbocycles. The average molecular weight is 268 g/mol. The third-order valence-corrected chi connectivity index (χ3v) is 2.85. The minimum atomic E-state index is -0.0734. The van der Waals surface area contributed by atoms with Crippen LogP contribution in [0.2, 0.25) is 0 Å². The van der Waals surface area contributed by atoms with Crippen LogP contribution in [0.3, 0.4) is 0 Å². The van der Waals surface area contributed by atoms with Crippen molar-refractivity contribution in [1.82, 2.24) is 0 Å². The molecule has 0 heterocycles. The highest BCUT2D eigenvalue weighted by molar-refractivity contribution is 5.97. The Morgan fingerprint density at radius 2 is 1.80 bits per heavy atom. The summed E-state index contributed by atoms with van der Waals surface area (Å²) < 4.78 is 5.09. The number of rotatable bonds is 5. The number of benzene rings is 2. The van der Waals surface area contributed by atoms with Gasteiger partial charge in [-0.25, -0.2) is 0 Å². The van der Waals surface area contributed by atoms with Crippen LogP contribution >= 0.6 is 0 Å². The fourth-order valence-corrected chi connectivity index (χ4v) is 1.69. The van der Waals surface area contributed by atoms with Crippen molar-refractivity contribution in [3.8, 4) is 5.75 Å². The van der Waals surface area contributed by atoms with E-state index in [-0.39, 0.29) is 12.3 Å². The Labute approximate surface area is 117 Å². The van der Waals surface area contributed by atoms with Crippen LogP contribution in [0, 0.1) is 0 Å². The lowest BCUT2D eigenvalue weighted by Crippen LogP contribution is -2.13. The van der Waals surface area contributed by atoms with Crippen molar-refractivity contribution in [2.24, 2.45) is 10.7 Å². The van der Waals surface area contributed by atoms with Gasteiger partial charge in [0.1, 0.15) is 5.75 Å². The summed E-state index contributed by atoms with van der Waals surface area (Å²) in [5, 5.41) is 0. The first kappa shape index (κ1) is 14.0. The zero-order chi connectivity index (χ0) is 14.4. The first-order valence-corrected chi connectivity index (χ1v) is 6.24. The number of hydrogen-bond acceptors (Lipinski definition) is 4. The Kier molecular flexibility index (Phi) is 4.63. The van der Waals surface area contributed by atoms with Gasteiger partial charge in [-0.15, -0.1) is 0 Å². The molecule has 4 nitrogen and oxygen atoms in total. The van der Waals surface area contributed by atoms with Crippen molar-refractivity contribution in [1.29, 1.82) is 0 Å².